The normalized spacial score (nSPS) is 20.2. The summed E-state index contributed by atoms with van der Waals surface area (Å²) in [7, 11) is 0. The molecule has 2 aliphatic rings. The van der Waals surface area contributed by atoms with E-state index in [1.165, 1.54) is 25.7 Å². The van der Waals surface area contributed by atoms with Gasteiger partial charge in [0.05, 0.1) is 6.54 Å². The van der Waals surface area contributed by atoms with Gasteiger partial charge < -0.3 is 5.32 Å². The predicted molar refractivity (Wildman–Crippen MR) is 69.7 cm³/mol. The fourth-order valence-corrected chi connectivity index (χ4v) is 3.10. The standard InChI is InChI=1S/C13H22N4O/c18-13-16-9-4-3-7-12(16)15-17(13)10-8-14-11-5-1-2-6-11/h11,14H,1-10H2. The lowest BCUT2D eigenvalue weighted by molar-refractivity contribution is 0.471. The molecule has 1 aliphatic heterocycles. The van der Waals surface area contributed by atoms with E-state index in [1.54, 1.807) is 4.68 Å². The van der Waals surface area contributed by atoms with E-state index in [1.807, 2.05) is 4.57 Å². The first-order valence-corrected chi connectivity index (χ1v) is 7.24. The van der Waals surface area contributed by atoms with Gasteiger partial charge in [0.25, 0.3) is 0 Å². The largest absolute Gasteiger partial charge is 0.345 e. The van der Waals surface area contributed by atoms with E-state index in [0.29, 0.717) is 12.6 Å². The molecule has 1 aliphatic carbocycles. The Labute approximate surface area is 107 Å². The molecule has 0 aromatic carbocycles. The van der Waals surface area contributed by atoms with Gasteiger partial charge in [-0.25, -0.2) is 9.48 Å². The minimum atomic E-state index is 0.0814. The lowest BCUT2D eigenvalue weighted by atomic mass is 10.2. The Hall–Kier alpha value is -1.10. The lowest BCUT2D eigenvalue weighted by Gasteiger charge is -2.10. The molecule has 0 amide bonds. The maximum Gasteiger partial charge on any atom is 0.345 e. The van der Waals surface area contributed by atoms with Gasteiger partial charge in [-0.1, -0.05) is 12.8 Å². The molecule has 1 aromatic rings. The second kappa shape index (κ2) is 5.26. The van der Waals surface area contributed by atoms with Gasteiger partial charge in [0, 0.05) is 25.6 Å². The van der Waals surface area contributed by atoms with Crippen molar-refractivity contribution in [3.8, 4) is 0 Å². The summed E-state index contributed by atoms with van der Waals surface area (Å²) in [4.78, 5) is 12.1. The SMILES string of the molecule is O=c1n(CCNC2CCCC2)nc2n1CCCC2. The molecule has 2 heterocycles. The topological polar surface area (TPSA) is 51.9 Å². The van der Waals surface area contributed by atoms with Gasteiger partial charge in [-0.05, 0) is 25.7 Å². The lowest BCUT2D eigenvalue weighted by Crippen LogP contribution is -2.33. The first-order chi connectivity index (χ1) is 8.84. The van der Waals surface area contributed by atoms with Crippen molar-refractivity contribution in [2.45, 2.75) is 64.1 Å². The second-order valence-electron chi connectivity index (χ2n) is 5.47. The number of hydrogen-bond acceptors (Lipinski definition) is 3. The highest BCUT2D eigenvalue weighted by Gasteiger charge is 2.17. The van der Waals surface area contributed by atoms with Crippen molar-refractivity contribution in [1.82, 2.24) is 19.7 Å². The Bertz CT molecular complexity index is 456. The van der Waals surface area contributed by atoms with E-state index >= 15 is 0 Å². The maximum atomic E-state index is 12.1. The summed E-state index contributed by atoms with van der Waals surface area (Å²) in [5.74, 6) is 0.979. The van der Waals surface area contributed by atoms with Crippen LogP contribution in [-0.4, -0.2) is 26.9 Å². The molecule has 0 spiro atoms. The summed E-state index contributed by atoms with van der Waals surface area (Å²) in [6.07, 6.45) is 8.49. The van der Waals surface area contributed by atoms with Gasteiger partial charge in [0.15, 0.2) is 0 Å². The molecule has 5 heteroatoms. The average molecular weight is 250 g/mol. The molecule has 1 N–H and O–H groups in total. The highest BCUT2D eigenvalue weighted by atomic mass is 16.2. The molecule has 0 bridgehead atoms. The van der Waals surface area contributed by atoms with Gasteiger partial charge in [-0.15, -0.1) is 0 Å². The molecule has 100 valence electrons. The van der Waals surface area contributed by atoms with Gasteiger partial charge >= 0.3 is 5.69 Å². The van der Waals surface area contributed by atoms with Crippen molar-refractivity contribution in [3.05, 3.63) is 16.3 Å². The number of hydrogen-bond donors (Lipinski definition) is 1. The Morgan fingerprint density at radius 2 is 2.06 bits per heavy atom. The molecule has 1 saturated carbocycles. The van der Waals surface area contributed by atoms with Crippen LogP contribution >= 0.6 is 0 Å². The van der Waals surface area contributed by atoms with Gasteiger partial charge in [-0.3, -0.25) is 4.57 Å². The van der Waals surface area contributed by atoms with Crippen LogP contribution in [0.25, 0.3) is 0 Å². The summed E-state index contributed by atoms with van der Waals surface area (Å²) in [6.45, 7) is 2.42. The van der Waals surface area contributed by atoms with E-state index in [9.17, 15) is 4.79 Å². The molecule has 0 atom stereocenters. The third-order valence-corrected chi connectivity index (χ3v) is 4.14. The van der Waals surface area contributed by atoms with Crippen LogP contribution in [0.2, 0.25) is 0 Å². The first-order valence-electron chi connectivity index (χ1n) is 7.24. The molecule has 1 fully saturated rings. The molecular weight excluding hydrogens is 228 g/mol. The Morgan fingerprint density at radius 1 is 1.22 bits per heavy atom. The van der Waals surface area contributed by atoms with Crippen LogP contribution < -0.4 is 11.0 Å². The number of nitrogens with zero attached hydrogens (tertiary/aromatic N) is 3. The van der Waals surface area contributed by atoms with Crippen LogP contribution in [0.1, 0.15) is 44.3 Å². The third-order valence-electron chi connectivity index (χ3n) is 4.14. The van der Waals surface area contributed by atoms with Crippen LogP contribution in [0, 0.1) is 0 Å². The van der Waals surface area contributed by atoms with Crippen LogP contribution in [0.5, 0.6) is 0 Å². The van der Waals surface area contributed by atoms with Crippen LogP contribution in [0.15, 0.2) is 4.79 Å². The van der Waals surface area contributed by atoms with Gasteiger partial charge in [0.1, 0.15) is 5.82 Å². The number of aromatic nitrogens is 3. The second-order valence-corrected chi connectivity index (χ2v) is 5.47. The van der Waals surface area contributed by atoms with Crippen LogP contribution in [-0.2, 0) is 19.5 Å². The van der Waals surface area contributed by atoms with E-state index in [4.69, 9.17) is 0 Å². The number of rotatable bonds is 4. The van der Waals surface area contributed by atoms with Crippen molar-refractivity contribution in [1.29, 1.82) is 0 Å². The molecule has 0 unspecified atom stereocenters. The van der Waals surface area contributed by atoms with E-state index < -0.39 is 0 Å². The predicted octanol–water partition coefficient (Wildman–Crippen LogP) is 0.913. The highest BCUT2D eigenvalue weighted by molar-refractivity contribution is 4.91. The summed E-state index contributed by atoms with van der Waals surface area (Å²) in [6, 6.07) is 0.665. The fraction of sp³-hybridized carbons (Fsp3) is 0.846. The van der Waals surface area contributed by atoms with Crippen molar-refractivity contribution < 1.29 is 0 Å². The molecule has 0 radical (unpaired) electrons. The molecule has 1 aromatic heterocycles. The quantitative estimate of drug-likeness (QED) is 0.864. The van der Waals surface area contributed by atoms with E-state index in [0.717, 1.165) is 38.2 Å². The van der Waals surface area contributed by atoms with Gasteiger partial charge in [-0.2, -0.15) is 5.10 Å². The maximum absolute atomic E-state index is 12.1. The number of aryl methyl sites for hydroxylation is 1. The van der Waals surface area contributed by atoms with E-state index in [2.05, 4.69) is 10.4 Å². The zero-order chi connectivity index (χ0) is 12.4. The Morgan fingerprint density at radius 3 is 2.83 bits per heavy atom. The number of nitrogens with one attached hydrogen (secondary N) is 1. The summed E-state index contributed by atoms with van der Waals surface area (Å²) in [5, 5.41) is 7.97. The number of fused-ring (bicyclic) bond motifs is 1. The zero-order valence-corrected chi connectivity index (χ0v) is 10.9. The zero-order valence-electron chi connectivity index (χ0n) is 10.9. The molecule has 5 nitrogen and oxygen atoms in total. The summed E-state index contributed by atoms with van der Waals surface area (Å²) < 4.78 is 3.49. The smallest absolute Gasteiger partial charge is 0.312 e. The molecular formula is C13H22N4O. The third kappa shape index (κ3) is 2.36. The minimum Gasteiger partial charge on any atom is -0.312 e. The fourth-order valence-electron chi connectivity index (χ4n) is 3.10. The van der Waals surface area contributed by atoms with Crippen molar-refractivity contribution in [2.24, 2.45) is 0 Å². The van der Waals surface area contributed by atoms with Gasteiger partial charge in [0.2, 0.25) is 0 Å². The summed E-state index contributed by atoms with van der Waals surface area (Å²) >= 11 is 0. The Balaban J connectivity index is 1.59. The van der Waals surface area contributed by atoms with Crippen molar-refractivity contribution >= 4 is 0 Å². The first kappa shape index (κ1) is 12.0. The molecule has 3 rings (SSSR count). The highest BCUT2D eigenvalue weighted by Crippen LogP contribution is 2.17. The molecule has 18 heavy (non-hydrogen) atoms. The molecule has 0 saturated heterocycles. The van der Waals surface area contributed by atoms with Crippen LogP contribution in [0.4, 0.5) is 0 Å². The van der Waals surface area contributed by atoms with Crippen molar-refractivity contribution in [3.63, 3.8) is 0 Å². The van der Waals surface area contributed by atoms with Crippen molar-refractivity contribution in [2.75, 3.05) is 6.54 Å². The average Bonchev–Trinajstić information content (AvgIpc) is 3.00. The summed E-state index contributed by atoms with van der Waals surface area (Å²) in [5.41, 5.74) is 0.0814. The minimum absolute atomic E-state index is 0.0814. The monoisotopic (exact) mass is 250 g/mol. The Kier molecular flexibility index (Phi) is 3.50. The van der Waals surface area contributed by atoms with Crippen LogP contribution in [0.3, 0.4) is 0 Å². The van der Waals surface area contributed by atoms with E-state index in [-0.39, 0.29) is 5.69 Å².